The second-order valence-electron chi connectivity index (χ2n) is 10.5. The highest BCUT2D eigenvalue weighted by Crippen LogP contribution is 2.24. The summed E-state index contributed by atoms with van der Waals surface area (Å²) in [6.45, 7) is 8.68. The van der Waals surface area contributed by atoms with Gasteiger partial charge in [0.25, 0.3) is 0 Å². The zero-order valence-corrected chi connectivity index (χ0v) is 22.6. The number of para-hydroxylation sites is 1. The number of hydrogen-bond acceptors (Lipinski definition) is 1. The topological polar surface area (TPSA) is 7.12 Å². The molecule has 0 fully saturated rings. The molecule has 1 aromatic heterocycles. The van der Waals surface area contributed by atoms with Crippen molar-refractivity contribution in [1.82, 2.24) is 0 Å². The van der Waals surface area contributed by atoms with Gasteiger partial charge in [0.05, 0.1) is 39.5 Å². The van der Waals surface area contributed by atoms with Crippen molar-refractivity contribution in [3.8, 4) is 0 Å². The molecule has 0 unspecified atom stereocenters. The van der Waals surface area contributed by atoms with Gasteiger partial charge in [0.2, 0.25) is 5.52 Å². The minimum atomic E-state index is 1.00. The Morgan fingerprint density at radius 2 is 1.53 bits per heavy atom. The van der Waals surface area contributed by atoms with Crippen LogP contribution in [0.1, 0.15) is 31.4 Å². The Morgan fingerprint density at radius 3 is 2.31 bits per heavy atom. The first-order valence-electron chi connectivity index (χ1n) is 13.2. The third-order valence-corrected chi connectivity index (χ3v) is 6.84. The molecule has 0 N–H and O–H groups in total. The van der Waals surface area contributed by atoms with E-state index < -0.39 is 0 Å². The summed E-state index contributed by atoms with van der Waals surface area (Å²) in [5.74, 6) is 0. The van der Waals surface area contributed by atoms with Gasteiger partial charge in [-0.2, -0.15) is 4.57 Å². The van der Waals surface area contributed by atoms with Gasteiger partial charge < -0.3 is 9.38 Å². The lowest BCUT2D eigenvalue weighted by molar-refractivity contribution is -0.873. The van der Waals surface area contributed by atoms with E-state index in [1.807, 2.05) is 0 Å². The fourth-order valence-corrected chi connectivity index (χ4v) is 4.83. The van der Waals surface area contributed by atoms with Gasteiger partial charge in [-0.15, -0.1) is 0 Å². The average molecular weight is 480 g/mol. The summed E-state index contributed by atoms with van der Waals surface area (Å²) in [6.07, 6.45) is 12.1. The van der Waals surface area contributed by atoms with E-state index >= 15 is 0 Å². The Balaban J connectivity index is 1.49. The molecular formula is C33H41N3+2. The van der Waals surface area contributed by atoms with Gasteiger partial charge in [0, 0.05) is 30.9 Å². The van der Waals surface area contributed by atoms with Crippen molar-refractivity contribution in [2.75, 3.05) is 45.7 Å². The number of allylic oxidation sites excluding steroid dienone is 2. The molecule has 4 aromatic rings. The van der Waals surface area contributed by atoms with E-state index in [9.17, 15) is 0 Å². The first kappa shape index (κ1) is 25.7. The first-order chi connectivity index (χ1) is 17.4. The molecule has 0 amide bonds. The molecule has 0 radical (unpaired) electrons. The molecule has 4 rings (SSSR count). The summed E-state index contributed by atoms with van der Waals surface area (Å²) in [5.41, 5.74) is 5.06. The third-order valence-electron chi connectivity index (χ3n) is 6.84. The minimum absolute atomic E-state index is 1.00. The third kappa shape index (κ3) is 6.41. The molecule has 0 aliphatic heterocycles. The van der Waals surface area contributed by atoms with Crippen LogP contribution in [-0.2, 0) is 6.54 Å². The molecule has 0 bridgehead atoms. The number of aromatic nitrogens is 1. The van der Waals surface area contributed by atoms with E-state index in [2.05, 4.69) is 142 Å². The number of fused-ring (bicyclic) bond motifs is 2. The Bertz CT molecular complexity index is 1370. The van der Waals surface area contributed by atoms with Crippen LogP contribution < -0.4 is 9.47 Å². The van der Waals surface area contributed by atoms with Crippen LogP contribution in [0.3, 0.4) is 0 Å². The van der Waals surface area contributed by atoms with Crippen LogP contribution in [0.4, 0.5) is 5.69 Å². The molecule has 3 aromatic carbocycles. The average Bonchev–Trinajstić information content (AvgIpc) is 2.87. The molecule has 0 spiro atoms. The maximum Gasteiger partial charge on any atom is 0.213 e. The molecule has 0 saturated heterocycles. The summed E-state index contributed by atoms with van der Waals surface area (Å²) >= 11 is 0. The molecule has 0 aliphatic carbocycles. The van der Waals surface area contributed by atoms with Crippen LogP contribution in [0.2, 0.25) is 0 Å². The Kier molecular flexibility index (Phi) is 8.22. The predicted molar refractivity (Wildman–Crippen MR) is 157 cm³/mol. The molecule has 186 valence electrons. The Labute approximate surface area is 217 Å². The molecular weight excluding hydrogens is 438 g/mol. The van der Waals surface area contributed by atoms with Crippen LogP contribution in [0.5, 0.6) is 0 Å². The van der Waals surface area contributed by atoms with Gasteiger partial charge in [-0.1, -0.05) is 54.6 Å². The quantitative estimate of drug-likeness (QED) is 0.136. The minimum Gasteiger partial charge on any atom is -0.372 e. The second-order valence-corrected chi connectivity index (χ2v) is 10.5. The Morgan fingerprint density at radius 1 is 0.806 bits per heavy atom. The van der Waals surface area contributed by atoms with E-state index in [0.29, 0.717) is 0 Å². The van der Waals surface area contributed by atoms with Gasteiger partial charge in [0.1, 0.15) is 0 Å². The number of quaternary nitrogens is 1. The van der Waals surface area contributed by atoms with Gasteiger partial charge in [0.15, 0.2) is 12.7 Å². The van der Waals surface area contributed by atoms with Crippen molar-refractivity contribution >= 4 is 39.5 Å². The lowest BCUT2D eigenvalue weighted by Gasteiger charge is -2.22. The number of aryl methyl sites for hydroxylation is 1. The number of pyridine rings is 1. The van der Waals surface area contributed by atoms with Gasteiger partial charge in [-0.3, -0.25) is 0 Å². The molecule has 0 atom stereocenters. The highest BCUT2D eigenvalue weighted by atomic mass is 15.3. The number of anilines is 1. The fourth-order valence-electron chi connectivity index (χ4n) is 4.83. The van der Waals surface area contributed by atoms with Gasteiger partial charge >= 0.3 is 0 Å². The fraction of sp³-hybridized carbons (Fsp3) is 0.303. The smallest absolute Gasteiger partial charge is 0.213 e. The van der Waals surface area contributed by atoms with Crippen LogP contribution in [0.25, 0.3) is 33.8 Å². The van der Waals surface area contributed by atoms with Crippen LogP contribution in [0, 0.1) is 0 Å². The van der Waals surface area contributed by atoms with E-state index in [1.54, 1.807) is 0 Å². The number of rotatable bonds is 10. The highest BCUT2D eigenvalue weighted by molar-refractivity contribution is 5.88. The number of hydrogen-bond donors (Lipinski definition) is 0. The van der Waals surface area contributed by atoms with Crippen molar-refractivity contribution in [2.24, 2.45) is 0 Å². The summed E-state index contributed by atoms with van der Waals surface area (Å²) in [5, 5.41) is 3.86. The molecule has 3 nitrogen and oxygen atoms in total. The maximum absolute atomic E-state index is 2.39. The van der Waals surface area contributed by atoms with Crippen molar-refractivity contribution in [3.63, 3.8) is 0 Å². The standard InChI is InChI=1S/C33H41N3/c1-6-34(7-2)31-20-19-29-25-27(17-18-30(29)26-31)13-8-9-14-28-21-23-35(22-12-24-36(3,4)5)33-16-11-10-15-32(28)33/h8-11,13-21,23,25-26H,6-7,12,22,24H2,1-5H3/q+2. The summed E-state index contributed by atoms with van der Waals surface area (Å²) in [6, 6.07) is 24.4. The molecule has 1 heterocycles. The number of benzene rings is 3. The highest BCUT2D eigenvalue weighted by Gasteiger charge is 2.13. The van der Waals surface area contributed by atoms with Crippen LogP contribution >= 0.6 is 0 Å². The van der Waals surface area contributed by atoms with Crippen molar-refractivity contribution < 1.29 is 9.05 Å². The van der Waals surface area contributed by atoms with Crippen molar-refractivity contribution in [1.29, 1.82) is 0 Å². The molecule has 0 saturated carbocycles. The molecule has 36 heavy (non-hydrogen) atoms. The Hall–Kier alpha value is -3.43. The maximum atomic E-state index is 2.39. The molecule has 0 aliphatic rings. The van der Waals surface area contributed by atoms with E-state index in [0.717, 1.165) is 24.1 Å². The molecule has 3 heteroatoms. The lowest BCUT2D eigenvalue weighted by Crippen LogP contribution is -2.40. The first-order valence-corrected chi connectivity index (χ1v) is 13.2. The number of nitrogens with zero attached hydrogens (tertiary/aromatic N) is 3. The van der Waals surface area contributed by atoms with Crippen LogP contribution in [-0.4, -0.2) is 45.3 Å². The van der Waals surface area contributed by atoms with Gasteiger partial charge in [-0.25, -0.2) is 0 Å². The van der Waals surface area contributed by atoms with Crippen molar-refractivity contribution in [3.05, 3.63) is 96.2 Å². The largest absolute Gasteiger partial charge is 0.372 e. The van der Waals surface area contributed by atoms with Crippen molar-refractivity contribution in [2.45, 2.75) is 26.8 Å². The van der Waals surface area contributed by atoms with Gasteiger partial charge in [-0.05, 0) is 60.0 Å². The summed E-state index contributed by atoms with van der Waals surface area (Å²) in [4.78, 5) is 2.39. The SMILES string of the molecule is CCN(CC)c1ccc2cc(C=CC=Cc3cc[n+](CCC[N+](C)(C)C)c4ccccc34)ccc2c1. The zero-order valence-electron chi connectivity index (χ0n) is 22.6. The predicted octanol–water partition coefficient (Wildman–Crippen LogP) is 6.95. The summed E-state index contributed by atoms with van der Waals surface area (Å²) in [7, 11) is 6.77. The monoisotopic (exact) mass is 479 g/mol. The van der Waals surface area contributed by atoms with E-state index in [4.69, 9.17) is 0 Å². The van der Waals surface area contributed by atoms with Crippen LogP contribution in [0.15, 0.2) is 85.1 Å². The van der Waals surface area contributed by atoms with E-state index in [1.165, 1.54) is 51.5 Å². The normalized spacial score (nSPS) is 12.4. The second kappa shape index (κ2) is 11.5. The van der Waals surface area contributed by atoms with E-state index in [-0.39, 0.29) is 0 Å². The zero-order chi connectivity index (χ0) is 25.5. The summed E-state index contributed by atoms with van der Waals surface area (Å²) < 4.78 is 3.39. The lowest BCUT2D eigenvalue weighted by atomic mass is 10.1.